The number of benzene rings is 7. The SMILES string of the molecule is CC1(C)c2ccc(-c3cccc(P(=O)(c4ccccc4)c4ccccc4)c3)cc2Oc2cc(-c3ccc4ccccc4c3)ccc21. The van der Waals surface area contributed by atoms with Gasteiger partial charge in [0.15, 0.2) is 7.14 Å². The highest BCUT2D eigenvalue weighted by molar-refractivity contribution is 7.85. The standard InChI is InChI=1S/C43H33O2P/c1-43(2)39-24-22-34(32-14-11-19-38(27-32)46(44,36-15-5-3-6-16-36)37-17-7-4-8-18-37)28-41(39)45-42-29-35(23-25-40(42)43)33-21-20-30-12-9-10-13-31(30)26-33/h3-29H,1-2H3. The average molecular weight is 613 g/mol. The van der Waals surface area contributed by atoms with Crippen molar-refractivity contribution in [3.05, 3.63) is 175 Å². The van der Waals surface area contributed by atoms with E-state index < -0.39 is 7.14 Å². The predicted octanol–water partition coefficient (Wildman–Crippen LogP) is 10.2. The number of hydrogen-bond acceptors (Lipinski definition) is 2. The zero-order valence-corrected chi connectivity index (χ0v) is 26.7. The molecule has 3 heteroatoms. The molecule has 46 heavy (non-hydrogen) atoms. The summed E-state index contributed by atoms with van der Waals surface area (Å²) < 4.78 is 21.8. The van der Waals surface area contributed by atoms with Crippen LogP contribution >= 0.6 is 7.14 Å². The molecule has 0 atom stereocenters. The normalized spacial score (nSPS) is 13.4. The van der Waals surface area contributed by atoms with Gasteiger partial charge in [-0.2, -0.15) is 0 Å². The topological polar surface area (TPSA) is 26.3 Å². The number of hydrogen-bond donors (Lipinski definition) is 0. The molecule has 8 rings (SSSR count). The fraction of sp³-hybridized carbons (Fsp3) is 0.0698. The van der Waals surface area contributed by atoms with Crippen LogP contribution in [0, 0.1) is 0 Å². The molecule has 0 fully saturated rings. The fourth-order valence-electron chi connectivity index (χ4n) is 6.84. The van der Waals surface area contributed by atoms with Gasteiger partial charge in [0, 0.05) is 32.5 Å². The minimum atomic E-state index is -3.09. The molecule has 0 N–H and O–H groups in total. The maximum absolute atomic E-state index is 15.1. The summed E-state index contributed by atoms with van der Waals surface area (Å²) in [5.41, 5.74) is 6.42. The van der Waals surface area contributed by atoms with Crippen LogP contribution in [-0.2, 0) is 9.98 Å². The molecular weight excluding hydrogens is 579 g/mol. The van der Waals surface area contributed by atoms with Gasteiger partial charge in [0.2, 0.25) is 0 Å². The highest BCUT2D eigenvalue weighted by atomic mass is 31.2. The Labute approximate surface area is 270 Å². The minimum Gasteiger partial charge on any atom is -0.457 e. The van der Waals surface area contributed by atoms with Crippen molar-refractivity contribution in [2.45, 2.75) is 19.3 Å². The number of rotatable bonds is 5. The van der Waals surface area contributed by atoms with Crippen LogP contribution in [0.2, 0.25) is 0 Å². The van der Waals surface area contributed by atoms with E-state index in [1.165, 1.54) is 21.9 Å². The van der Waals surface area contributed by atoms with Gasteiger partial charge in [-0.15, -0.1) is 0 Å². The Morgan fingerprint density at radius 1 is 0.435 bits per heavy atom. The quantitative estimate of drug-likeness (QED) is 0.181. The molecule has 222 valence electrons. The Morgan fingerprint density at radius 3 is 1.52 bits per heavy atom. The Morgan fingerprint density at radius 2 is 0.913 bits per heavy atom. The third kappa shape index (κ3) is 4.69. The third-order valence-corrected chi connectivity index (χ3v) is 12.5. The summed E-state index contributed by atoms with van der Waals surface area (Å²) in [6, 6.07) is 56.0. The van der Waals surface area contributed by atoms with Crippen LogP contribution in [0.25, 0.3) is 33.0 Å². The summed E-state index contributed by atoms with van der Waals surface area (Å²) in [6.07, 6.45) is 0. The van der Waals surface area contributed by atoms with E-state index in [0.717, 1.165) is 49.7 Å². The van der Waals surface area contributed by atoms with Crippen molar-refractivity contribution in [3.63, 3.8) is 0 Å². The number of ether oxygens (including phenoxy) is 1. The largest absolute Gasteiger partial charge is 0.457 e. The van der Waals surface area contributed by atoms with E-state index in [2.05, 4.69) is 105 Å². The van der Waals surface area contributed by atoms with E-state index in [1.54, 1.807) is 0 Å². The van der Waals surface area contributed by atoms with Crippen molar-refractivity contribution in [3.8, 4) is 33.8 Å². The van der Waals surface area contributed by atoms with Crippen molar-refractivity contribution < 1.29 is 9.30 Å². The van der Waals surface area contributed by atoms with Crippen molar-refractivity contribution in [2.24, 2.45) is 0 Å². The minimum absolute atomic E-state index is 0.235. The Bertz CT molecular complexity index is 2240. The smallest absolute Gasteiger partial charge is 0.171 e. The van der Waals surface area contributed by atoms with Crippen LogP contribution in [0.15, 0.2) is 164 Å². The highest BCUT2D eigenvalue weighted by Crippen LogP contribution is 2.50. The van der Waals surface area contributed by atoms with Crippen LogP contribution < -0.4 is 20.7 Å². The fourth-order valence-corrected chi connectivity index (χ4v) is 9.54. The van der Waals surface area contributed by atoms with Crippen molar-refractivity contribution in [1.82, 2.24) is 0 Å². The Hall–Kier alpha value is -5.17. The van der Waals surface area contributed by atoms with E-state index in [0.29, 0.717) is 0 Å². The Balaban J connectivity index is 1.19. The first-order valence-electron chi connectivity index (χ1n) is 15.7. The van der Waals surface area contributed by atoms with Crippen LogP contribution in [-0.4, -0.2) is 0 Å². The van der Waals surface area contributed by atoms with Crippen LogP contribution in [0.3, 0.4) is 0 Å². The second-order valence-corrected chi connectivity index (χ2v) is 15.3. The maximum atomic E-state index is 15.1. The molecule has 1 heterocycles. The van der Waals surface area contributed by atoms with Gasteiger partial charge in [-0.3, -0.25) is 0 Å². The number of fused-ring (bicyclic) bond motifs is 3. The van der Waals surface area contributed by atoms with Crippen LogP contribution in [0.5, 0.6) is 11.5 Å². The first kappa shape index (κ1) is 28.3. The first-order chi connectivity index (χ1) is 22.4. The lowest BCUT2D eigenvalue weighted by Crippen LogP contribution is -2.25. The summed E-state index contributed by atoms with van der Waals surface area (Å²) in [5.74, 6) is 1.73. The summed E-state index contributed by atoms with van der Waals surface area (Å²) in [4.78, 5) is 0. The molecule has 0 bridgehead atoms. The molecule has 1 aliphatic heterocycles. The molecule has 2 nitrogen and oxygen atoms in total. The van der Waals surface area contributed by atoms with Gasteiger partial charge in [-0.1, -0.05) is 153 Å². The molecule has 0 unspecified atom stereocenters. The zero-order chi connectivity index (χ0) is 31.3. The van der Waals surface area contributed by atoms with Crippen molar-refractivity contribution >= 4 is 33.8 Å². The average Bonchev–Trinajstić information content (AvgIpc) is 3.11. The van der Waals surface area contributed by atoms with Crippen LogP contribution in [0.4, 0.5) is 0 Å². The van der Waals surface area contributed by atoms with Gasteiger partial charge >= 0.3 is 0 Å². The van der Waals surface area contributed by atoms with Gasteiger partial charge < -0.3 is 9.30 Å². The summed E-state index contributed by atoms with van der Waals surface area (Å²) in [7, 11) is -3.09. The van der Waals surface area contributed by atoms with Gasteiger partial charge in [-0.25, -0.2) is 0 Å². The summed E-state index contributed by atoms with van der Waals surface area (Å²) in [5, 5.41) is 4.92. The second-order valence-electron chi connectivity index (χ2n) is 12.5. The molecular formula is C43H33O2P. The zero-order valence-electron chi connectivity index (χ0n) is 25.9. The predicted molar refractivity (Wildman–Crippen MR) is 193 cm³/mol. The molecule has 0 amide bonds. The molecule has 0 aromatic heterocycles. The van der Waals surface area contributed by atoms with E-state index in [9.17, 15) is 0 Å². The lowest BCUT2D eigenvalue weighted by Gasteiger charge is -2.35. The maximum Gasteiger partial charge on any atom is 0.171 e. The first-order valence-corrected chi connectivity index (χ1v) is 17.4. The monoisotopic (exact) mass is 612 g/mol. The molecule has 0 spiro atoms. The van der Waals surface area contributed by atoms with Gasteiger partial charge in [0.25, 0.3) is 0 Å². The lowest BCUT2D eigenvalue weighted by atomic mass is 9.75. The summed E-state index contributed by atoms with van der Waals surface area (Å²) >= 11 is 0. The molecule has 7 aromatic rings. The summed E-state index contributed by atoms with van der Waals surface area (Å²) in [6.45, 7) is 4.53. The molecule has 0 saturated carbocycles. The van der Waals surface area contributed by atoms with Gasteiger partial charge in [-0.05, 0) is 57.3 Å². The van der Waals surface area contributed by atoms with E-state index in [4.69, 9.17) is 4.74 Å². The van der Waals surface area contributed by atoms with E-state index >= 15 is 4.57 Å². The third-order valence-electron chi connectivity index (χ3n) is 9.40. The molecule has 0 saturated heterocycles. The molecule has 0 radical (unpaired) electrons. The van der Waals surface area contributed by atoms with Crippen molar-refractivity contribution in [2.75, 3.05) is 0 Å². The lowest BCUT2D eigenvalue weighted by molar-refractivity contribution is 0.418. The molecule has 1 aliphatic rings. The highest BCUT2D eigenvalue weighted by Gasteiger charge is 2.35. The van der Waals surface area contributed by atoms with E-state index in [-0.39, 0.29) is 5.41 Å². The van der Waals surface area contributed by atoms with Gasteiger partial charge in [0.05, 0.1) is 0 Å². The van der Waals surface area contributed by atoms with Crippen LogP contribution in [0.1, 0.15) is 25.0 Å². The Kier molecular flexibility index (Phi) is 6.78. The van der Waals surface area contributed by atoms with E-state index in [1.807, 2.05) is 72.8 Å². The molecule has 0 aliphatic carbocycles. The molecule has 7 aromatic carbocycles. The second kappa shape index (κ2) is 11.0. The van der Waals surface area contributed by atoms with Gasteiger partial charge in [0.1, 0.15) is 11.5 Å². The van der Waals surface area contributed by atoms with Crippen molar-refractivity contribution in [1.29, 1.82) is 0 Å².